The molecule has 1 rings (SSSR count). The molecule has 0 aliphatic heterocycles. The predicted octanol–water partition coefficient (Wildman–Crippen LogP) is 3.20. The highest BCUT2D eigenvalue weighted by Gasteiger charge is 2.27. The zero-order chi connectivity index (χ0) is 14.1. The lowest BCUT2D eigenvalue weighted by molar-refractivity contribution is 0.121. The molecule has 0 saturated carbocycles. The summed E-state index contributed by atoms with van der Waals surface area (Å²) < 4.78 is 0. The normalized spacial score (nSPS) is 14.6. The van der Waals surface area contributed by atoms with Crippen LogP contribution in [0.1, 0.15) is 51.6 Å². The van der Waals surface area contributed by atoms with Crippen LogP contribution < -0.4 is 5.73 Å². The van der Waals surface area contributed by atoms with Gasteiger partial charge in [-0.2, -0.15) is 0 Å². The molecule has 0 fully saturated rings. The van der Waals surface area contributed by atoms with Crippen molar-refractivity contribution in [3.63, 3.8) is 0 Å². The van der Waals surface area contributed by atoms with Crippen molar-refractivity contribution in [1.82, 2.24) is 9.88 Å². The monoisotopic (exact) mass is 263 g/mol. The second kappa shape index (κ2) is 8.28. The smallest absolute Gasteiger partial charge is 0.0544 e. The van der Waals surface area contributed by atoms with Gasteiger partial charge in [0.15, 0.2) is 0 Å². The van der Waals surface area contributed by atoms with Crippen LogP contribution in [0.15, 0.2) is 24.4 Å². The molecule has 1 heterocycles. The average molecular weight is 263 g/mol. The van der Waals surface area contributed by atoms with Crippen molar-refractivity contribution in [1.29, 1.82) is 0 Å². The van der Waals surface area contributed by atoms with E-state index >= 15 is 0 Å². The van der Waals surface area contributed by atoms with Gasteiger partial charge in [0.05, 0.1) is 5.69 Å². The van der Waals surface area contributed by atoms with Crippen molar-refractivity contribution in [2.45, 2.75) is 58.0 Å². The molecule has 0 aliphatic rings. The van der Waals surface area contributed by atoms with Crippen LogP contribution in [0.3, 0.4) is 0 Å². The molecule has 3 heteroatoms. The number of hydrogen-bond donors (Lipinski definition) is 1. The third-order valence-corrected chi connectivity index (χ3v) is 4.06. The lowest BCUT2D eigenvalue weighted by Crippen LogP contribution is -2.49. The maximum Gasteiger partial charge on any atom is 0.0544 e. The van der Waals surface area contributed by atoms with E-state index in [9.17, 15) is 0 Å². The SMILES string of the molecule is CCCCCCC(C)(CN)N(C)Cc1ccccn1. The Morgan fingerprint density at radius 2 is 2.05 bits per heavy atom. The minimum absolute atomic E-state index is 0.0747. The van der Waals surface area contributed by atoms with E-state index in [4.69, 9.17) is 5.73 Å². The van der Waals surface area contributed by atoms with Crippen LogP contribution in [0.2, 0.25) is 0 Å². The molecule has 0 aromatic carbocycles. The van der Waals surface area contributed by atoms with Gasteiger partial charge in [-0.25, -0.2) is 0 Å². The molecule has 2 N–H and O–H groups in total. The Hall–Kier alpha value is -0.930. The summed E-state index contributed by atoms with van der Waals surface area (Å²) in [6.07, 6.45) is 8.18. The second-order valence-electron chi connectivity index (χ2n) is 5.69. The van der Waals surface area contributed by atoms with Crippen molar-refractivity contribution >= 4 is 0 Å². The van der Waals surface area contributed by atoms with E-state index in [1.165, 1.54) is 25.7 Å². The van der Waals surface area contributed by atoms with Gasteiger partial charge < -0.3 is 5.73 Å². The van der Waals surface area contributed by atoms with Crippen molar-refractivity contribution < 1.29 is 0 Å². The number of likely N-dealkylation sites (N-methyl/N-ethyl adjacent to an activating group) is 1. The molecule has 1 atom stereocenters. The van der Waals surface area contributed by atoms with Gasteiger partial charge in [-0.1, -0.05) is 38.7 Å². The number of nitrogens with two attached hydrogens (primary N) is 1. The highest BCUT2D eigenvalue weighted by molar-refractivity contribution is 5.04. The van der Waals surface area contributed by atoms with Crippen LogP contribution >= 0.6 is 0 Å². The van der Waals surface area contributed by atoms with Crippen molar-refractivity contribution in [2.24, 2.45) is 5.73 Å². The van der Waals surface area contributed by atoms with Gasteiger partial charge in [0, 0.05) is 24.8 Å². The number of unbranched alkanes of at least 4 members (excludes halogenated alkanes) is 3. The number of aromatic nitrogens is 1. The van der Waals surface area contributed by atoms with Gasteiger partial charge >= 0.3 is 0 Å². The predicted molar refractivity (Wildman–Crippen MR) is 81.9 cm³/mol. The Morgan fingerprint density at radius 3 is 2.63 bits per heavy atom. The number of nitrogens with zero attached hydrogens (tertiary/aromatic N) is 2. The lowest BCUT2D eigenvalue weighted by atomic mass is 9.92. The fourth-order valence-corrected chi connectivity index (χ4v) is 2.31. The molecule has 3 nitrogen and oxygen atoms in total. The van der Waals surface area contributed by atoms with Crippen LogP contribution in [0.25, 0.3) is 0 Å². The summed E-state index contributed by atoms with van der Waals surface area (Å²) in [6, 6.07) is 6.07. The largest absolute Gasteiger partial charge is 0.329 e. The Morgan fingerprint density at radius 1 is 1.26 bits per heavy atom. The van der Waals surface area contributed by atoms with E-state index in [1.54, 1.807) is 0 Å². The topological polar surface area (TPSA) is 42.1 Å². The third-order valence-electron chi connectivity index (χ3n) is 4.06. The summed E-state index contributed by atoms with van der Waals surface area (Å²) in [6.45, 7) is 6.07. The summed E-state index contributed by atoms with van der Waals surface area (Å²) in [5.74, 6) is 0. The molecule has 0 spiro atoms. The maximum absolute atomic E-state index is 6.01. The summed E-state index contributed by atoms with van der Waals surface area (Å²) in [5.41, 5.74) is 7.20. The Labute approximate surface area is 118 Å². The fraction of sp³-hybridized carbons (Fsp3) is 0.688. The van der Waals surface area contributed by atoms with Gasteiger partial charge in [-0.05, 0) is 32.5 Å². The zero-order valence-electron chi connectivity index (χ0n) is 12.7. The average Bonchev–Trinajstić information content (AvgIpc) is 2.44. The van der Waals surface area contributed by atoms with Crippen LogP contribution in [0.4, 0.5) is 0 Å². The zero-order valence-corrected chi connectivity index (χ0v) is 12.7. The van der Waals surface area contributed by atoms with E-state index in [1.807, 2.05) is 18.3 Å². The molecule has 1 aromatic rings. The molecule has 0 bridgehead atoms. The fourth-order valence-electron chi connectivity index (χ4n) is 2.31. The molecule has 1 aromatic heterocycles. The second-order valence-corrected chi connectivity index (χ2v) is 5.69. The molecule has 1 unspecified atom stereocenters. The minimum atomic E-state index is 0.0747. The molecule has 0 amide bonds. The first kappa shape index (κ1) is 16.1. The number of hydrogen-bond acceptors (Lipinski definition) is 3. The summed E-state index contributed by atoms with van der Waals surface area (Å²) in [7, 11) is 2.15. The molecule has 108 valence electrons. The number of pyridine rings is 1. The van der Waals surface area contributed by atoms with E-state index < -0.39 is 0 Å². The van der Waals surface area contributed by atoms with Crippen molar-refractivity contribution in [3.05, 3.63) is 30.1 Å². The van der Waals surface area contributed by atoms with Crippen molar-refractivity contribution in [2.75, 3.05) is 13.6 Å². The van der Waals surface area contributed by atoms with Crippen LogP contribution in [-0.2, 0) is 6.54 Å². The summed E-state index contributed by atoms with van der Waals surface area (Å²) in [4.78, 5) is 6.74. The molecular weight excluding hydrogens is 234 g/mol. The van der Waals surface area contributed by atoms with E-state index in [0.29, 0.717) is 6.54 Å². The highest BCUT2D eigenvalue weighted by Crippen LogP contribution is 2.22. The molecular formula is C16H29N3. The van der Waals surface area contributed by atoms with E-state index in [2.05, 4.69) is 36.8 Å². The van der Waals surface area contributed by atoms with Gasteiger partial charge in [-0.15, -0.1) is 0 Å². The Kier molecular flexibility index (Phi) is 7.03. The van der Waals surface area contributed by atoms with E-state index in [-0.39, 0.29) is 5.54 Å². The van der Waals surface area contributed by atoms with Crippen molar-refractivity contribution in [3.8, 4) is 0 Å². The summed E-state index contributed by atoms with van der Waals surface area (Å²) >= 11 is 0. The molecule has 19 heavy (non-hydrogen) atoms. The van der Waals surface area contributed by atoms with Crippen LogP contribution in [-0.4, -0.2) is 29.0 Å². The van der Waals surface area contributed by atoms with Gasteiger partial charge in [-0.3, -0.25) is 9.88 Å². The summed E-state index contributed by atoms with van der Waals surface area (Å²) in [5, 5.41) is 0. The Balaban J connectivity index is 2.51. The van der Waals surface area contributed by atoms with Crippen LogP contribution in [0, 0.1) is 0 Å². The third kappa shape index (κ3) is 5.29. The maximum atomic E-state index is 6.01. The first-order chi connectivity index (χ1) is 9.12. The lowest BCUT2D eigenvalue weighted by Gasteiger charge is -2.38. The van der Waals surface area contributed by atoms with Gasteiger partial charge in [0.25, 0.3) is 0 Å². The minimum Gasteiger partial charge on any atom is -0.329 e. The van der Waals surface area contributed by atoms with Crippen LogP contribution in [0.5, 0.6) is 0 Å². The Bertz CT molecular complexity index is 339. The molecule has 0 radical (unpaired) electrons. The highest BCUT2D eigenvalue weighted by atomic mass is 15.2. The van der Waals surface area contributed by atoms with E-state index in [0.717, 1.165) is 18.7 Å². The quantitative estimate of drug-likeness (QED) is 0.696. The first-order valence-corrected chi connectivity index (χ1v) is 7.43. The van der Waals surface area contributed by atoms with Gasteiger partial charge in [0.2, 0.25) is 0 Å². The number of rotatable bonds is 9. The molecule has 0 aliphatic carbocycles. The standard InChI is InChI=1S/C16H29N3/c1-4-5-6-8-11-16(2,14-17)19(3)13-15-10-7-9-12-18-15/h7,9-10,12H,4-6,8,11,13-14,17H2,1-3H3. The first-order valence-electron chi connectivity index (χ1n) is 7.43. The molecule has 0 saturated heterocycles. The van der Waals surface area contributed by atoms with Gasteiger partial charge in [0.1, 0.15) is 0 Å².